The third-order valence-electron chi connectivity index (χ3n) is 2.50. The molecule has 0 saturated carbocycles. The standard InChI is InChI=1S/C14H21N3S2/c1-6-9-8-10-11(18-9)16-13(15-7-2)17-12(10)19-14(3,4)5/h8H,6-7H2,1-5H3,(H,15,16,17). The van der Waals surface area contributed by atoms with Crippen molar-refractivity contribution in [1.29, 1.82) is 0 Å². The summed E-state index contributed by atoms with van der Waals surface area (Å²) in [5.41, 5.74) is 0. The van der Waals surface area contributed by atoms with Gasteiger partial charge in [0.15, 0.2) is 0 Å². The Morgan fingerprint density at radius 2 is 2.00 bits per heavy atom. The topological polar surface area (TPSA) is 37.8 Å². The molecule has 0 radical (unpaired) electrons. The largest absolute Gasteiger partial charge is 0.354 e. The fourth-order valence-electron chi connectivity index (χ4n) is 1.72. The van der Waals surface area contributed by atoms with Gasteiger partial charge in [-0.25, -0.2) is 9.97 Å². The fourth-order valence-corrected chi connectivity index (χ4v) is 3.73. The van der Waals surface area contributed by atoms with Gasteiger partial charge >= 0.3 is 0 Å². The normalized spacial score (nSPS) is 12.1. The Hall–Kier alpha value is -0.810. The highest BCUT2D eigenvalue weighted by Gasteiger charge is 2.18. The number of aryl methyl sites for hydroxylation is 1. The zero-order valence-corrected chi connectivity index (χ0v) is 13.8. The quantitative estimate of drug-likeness (QED) is 0.662. The Morgan fingerprint density at radius 3 is 2.58 bits per heavy atom. The van der Waals surface area contributed by atoms with E-state index in [4.69, 9.17) is 0 Å². The van der Waals surface area contributed by atoms with Crippen molar-refractivity contribution in [3.8, 4) is 0 Å². The van der Waals surface area contributed by atoms with E-state index < -0.39 is 0 Å². The van der Waals surface area contributed by atoms with Gasteiger partial charge in [0.2, 0.25) is 5.95 Å². The monoisotopic (exact) mass is 295 g/mol. The van der Waals surface area contributed by atoms with Crippen molar-refractivity contribution in [2.45, 2.75) is 50.8 Å². The molecule has 0 unspecified atom stereocenters. The molecule has 0 spiro atoms. The molecule has 3 nitrogen and oxygen atoms in total. The van der Waals surface area contributed by atoms with Gasteiger partial charge in [-0.15, -0.1) is 11.3 Å². The van der Waals surface area contributed by atoms with Crippen molar-refractivity contribution in [3.05, 3.63) is 10.9 Å². The van der Waals surface area contributed by atoms with Gasteiger partial charge in [-0.1, -0.05) is 39.5 Å². The lowest BCUT2D eigenvalue weighted by molar-refractivity contribution is 0.800. The van der Waals surface area contributed by atoms with Gasteiger partial charge in [0, 0.05) is 21.6 Å². The summed E-state index contributed by atoms with van der Waals surface area (Å²) >= 11 is 3.58. The predicted octanol–water partition coefficient (Wildman–Crippen LogP) is 4.58. The third-order valence-corrected chi connectivity index (χ3v) is 4.79. The van der Waals surface area contributed by atoms with Crippen LogP contribution >= 0.6 is 23.1 Å². The summed E-state index contributed by atoms with van der Waals surface area (Å²) in [7, 11) is 0. The summed E-state index contributed by atoms with van der Waals surface area (Å²) in [5.74, 6) is 0.742. The van der Waals surface area contributed by atoms with Crippen molar-refractivity contribution >= 4 is 39.3 Å². The Balaban J connectivity index is 2.53. The smallest absolute Gasteiger partial charge is 0.225 e. The maximum atomic E-state index is 4.67. The second kappa shape index (κ2) is 5.67. The number of aromatic nitrogens is 2. The molecule has 1 N–H and O–H groups in total. The molecule has 0 aliphatic rings. The summed E-state index contributed by atoms with van der Waals surface area (Å²) in [4.78, 5) is 11.7. The molecule has 2 rings (SSSR count). The van der Waals surface area contributed by atoms with E-state index in [1.165, 1.54) is 10.3 Å². The Bertz CT molecular complexity index is 570. The molecule has 0 bridgehead atoms. The van der Waals surface area contributed by atoms with Crippen LogP contribution in [0.4, 0.5) is 5.95 Å². The number of fused-ring (bicyclic) bond motifs is 1. The predicted molar refractivity (Wildman–Crippen MR) is 86.6 cm³/mol. The molecule has 104 valence electrons. The highest BCUT2D eigenvalue weighted by atomic mass is 32.2. The van der Waals surface area contributed by atoms with Gasteiger partial charge in [0.1, 0.15) is 9.86 Å². The maximum Gasteiger partial charge on any atom is 0.225 e. The molecular weight excluding hydrogens is 274 g/mol. The summed E-state index contributed by atoms with van der Waals surface area (Å²) < 4.78 is 0.152. The molecule has 0 aromatic carbocycles. The van der Waals surface area contributed by atoms with Crippen LogP contribution in [-0.4, -0.2) is 21.3 Å². The molecule has 0 atom stereocenters. The molecule has 0 aliphatic carbocycles. The van der Waals surface area contributed by atoms with Crippen LogP contribution in [0.2, 0.25) is 0 Å². The fraction of sp³-hybridized carbons (Fsp3) is 0.571. The van der Waals surface area contributed by atoms with E-state index >= 15 is 0 Å². The van der Waals surface area contributed by atoms with E-state index in [9.17, 15) is 0 Å². The minimum Gasteiger partial charge on any atom is -0.354 e. The molecule has 0 fully saturated rings. The highest BCUT2D eigenvalue weighted by Crippen LogP contribution is 2.38. The summed E-state index contributed by atoms with van der Waals surface area (Å²) in [6.45, 7) is 11.7. The van der Waals surface area contributed by atoms with E-state index in [0.717, 1.165) is 28.8 Å². The average Bonchev–Trinajstić information content (AvgIpc) is 2.70. The summed E-state index contributed by atoms with van der Waals surface area (Å²) in [6, 6.07) is 2.24. The van der Waals surface area contributed by atoms with Crippen LogP contribution in [-0.2, 0) is 6.42 Å². The van der Waals surface area contributed by atoms with Crippen LogP contribution in [0.15, 0.2) is 11.1 Å². The van der Waals surface area contributed by atoms with E-state index in [0.29, 0.717) is 0 Å². The number of hydrogen-bond acceptors (Lipinski definition) is 5. The number of anilines is 1. The Labute approximate surface area is 123 Å². The molecule has 2 aromatic rings. The Kier molecular flexibility index (Phi) is 4.36. The number of hydrogen-bond donors (Lipinski definition) is 1. The van der Waals surface area contributed by atoms with Crippen LogP contribution in [0, 0.1) is 0 Å². The van der Waals surface area contributed by atoms with Crippen LogP contribution in [0.25, 0.3) is 10.2 Å². The molecule has 2 aromatic heterocycles. The third kappa shape index (κ3) is 3.60. The molecule has 2 heterocycles. The highest BCUT2D eigenvalue weighted by molar-refractivity contribution is 8.00. The van der Waals surface area contributed by atoms with Gasteiger partial charge in [-0.05, 0) is 19.4 Å². The van der Waals surface area contributed by atoms with E-state index in [-0.39, 0.29) is 4.75 Å². The lowest BCUT2D eigenvalue weighted by Crippen LogP contribution is -2.09. The first-order chi connectivity index (χ1) is 8.93. The molecule has 0 aliphatic heterocycles. The zero-order chi connectivity index (χ0) is 14.0. The van der Waals surface area contributed by atoms with Crippen LogP contribution in [0.3, 0.4) is 0 Å². The van der Waals surface area contributed by atoms with Crippen molar-refractivity contribution in [1.82, 2.24) is 9.97 Å². The maximum absolute atomic E-state index is 4.67. The first-order valence-corrected chi connectivity index (χ1v) is 8.29. The number of nitrogens with zero attached hydrogens (tertiary/aromatic N) is 2. The van der Waals surface area contributed by atoms with Gasteiger partial charge in [-0.3, -0.25) is 0 Å². The molecule has 19 heavy (non-hydrogen) atoms. The van der Waals surface area contributed by atoms with Crippen molar-refractivity contribution in [3.63, 3.8) is 0 Å². The van der Waals surface area contributed by atoms with E-state index in [1.807, 2.05) is 11.8 Å². The number of nitrogens with one attached hydrogen (secondary N) is 1. The minimum atomic E-state index is 0.152. The van der Waals surface area contributed by atoms with Crippen LogP contribution in [0.1, 0.15) is 39.5 Å². The first kappa shape index (κ1) is 14.6. The van der Waals surface area contributed by atoms with Gasteiger partial charge in [0.25, 0.3) is 0 Å². The Morgan fingerprint density at radius 1 is 1.26 bits per heavy atom. The molecule has 5 heteroatoms. The average molecular weight is 295 g/mol. The van der Waals surface area contributed by atoms with Crippen LogP contribution in [0.5, 0.6) is 0 Å². The lowest BCUT2D eigenvalue weighted by Gasteiger charge is -2.17. The van der Waals surface area contributed by atoms with Gasteiger partial charge in [-0.2, -0.15) is 0 Å². The zero-order valence-electron chi connectivity index (χ0n) is 12.2. The number of rotatable bonds is 4. The summed E-state index contributed by atoms with van der Waals surface area (Å²) in [5, 5.41) is 5.51. The number of thiophene rings is 1. The SMILES string of the molecule is CCNc1nc(SC(C)(C)C)c2cc(CC)sc2n1. The molecule has 0 saturated heterocycles. The van der Waals surface area contributed by atoms with Gasteiger partial charge < -0.3 is 5.32 Å². The number of thioether (sulfide) groups is 1. The lowest BCUT2D eigenvalue weighted by atomic mass is 10.3. The second-order valence-corrected chi connectivity index (χ2v) is 8.31. The molecule has 0 amide bonds. The van der Waals surface area contributed by atoms with Crippen molar-refractivity contribution in [2.75, 3.05) is 11.9 Å². The van der Waals surface area contributed by atoms with E-state index in [2.05, 4.69) is 56.0 Å². The summed E-state index contributed by atoms with van der Waals surface area (Å²) in [6.07, 6.45) is 1.05. The van der Waals surface area contributed by atoms with E-state index in [1.54, 1.807) is 11.3 Å². The van der Waals surface area contributed by atoms with Crippen LogP contribution < -0.4 is 5.32 Å². The van der Waals surface area contributed by atoms with Crippen molar-refractivity contribution < 1.29 is 0 Å². The molecular formula is C14H21N3S2. The van der Waals surface area contributed by atoms with Crippen molar-refractivity contribution in [2.24, 2.45) is 0 Å². The second-order valence-electron chi connectivity index (χ2n) is 5.38. The van der Waals surface area contributed by atoms with Gasteiger partial charge in [0.05, 0.1) is 0 Å². The minimum absolute atomic E-state index is 0.152. The first-order valence-electron chi connectivity index (χ1n) is 6.66.